The van der Waals surface area contributed by atoms with E-state index in [1.165, 1.54) is 12.1 Å². The number of halogens is 2. The minimum absolute atomic E-state index is 0.0731. The van der Waals surface area contributed by atoms with E-state index in [0.29, 0.717) is 18.0 Å². The maximum Gasteiger partial charge on any atom is 0.162 e. The normalized spacial score (nSPS) is 10.6. The summed E-state index contributed by atoms with van der Waals surface area (Å²) in [5.41, 5.74) is 1.88. The van der Waals surface area contributed by atoms with Gasteiger partial charge in [0.25, 0.3) is 0 Å². The molecule has 3 nitrogen and oxygen atoms in total. The summed E-state index contributed by atoms with van der Waals surface area (Å²) in [5, 5.41) is 3.25. The molecule has 0 spiro atoms. The molecule has 0 unspecified atom stereocenters. The number of anilines is 1. The molecule has 118 valence electrons. The highest BCUT2D eigenvalue weighted by atomic mass is 79.9. The number of ether oxygens (including phenoxy) is 2. The summed E-state index contributed by atoms with van der Waals surface area (Å²) >= 11 is 3.55. The minimum atomic E-state index is -0.247. The Morgan fingerprint density at radius 3 is 2.41 bits per heavy atom. The zero-order chi connectivity index (χ0) is 16.1. The lowest BCUT2D eigenvalue weighted by atomic mass is 10.2. The fraction of sp³-hybridized carbons (Fsp3) is 0.294. The number of hydrogen-bond donors (Lipinski definition) is 1. The van der Waals surface area contributed by atoms with E-state index in [1.807, 2.05) is 26.0 Å². The third kappa shape index (κ3) is 4.37. The quantitative estimate of drug-likeness (QED) is 0.779. The second-order valence-corrected chi connectivity index (χ2v) is 5.98. The van der Waals surface area contributed by atoms with Gasteiger partial charge in [-0.2, -0.15) is 0 Å². The van der Waals surface area contributed by atoms with Gasteiger partial charge >= 0.3 is 0 Å². The number of methoxy groups -OCH3 is 1. The average Bonchev–Trinajstić information content (AvgIpc) is 2.47. The van der Waals surface area contributed by atoms with Crippen molar-refractivity contribution in [3.63, 3.8) is 0 Å². The molecule has 0 heterocycles. The fourth-order valence-corrected chi connectivity index (χ4v) is 2.45. The monoisotopic (exact) mass is 367 g/mol. The highest BCUT2D eigenvalue weighted by Gasteiger charge is 2.11. The molecule has 0 bridgehead atoms. The van der Waals surface area contributed by atoms with Crippen LogP contribution in [0.15, 0.2) is 40.9 Å². The summed E-state index contributed by atoms with van der Waals surface area (Å²) in [6, 6.07) is 10.1. The molecule has 0 aliphatic rings. The molecule has 0 atom stereocenters. The maximum atomic E-state index is 12.9. The van der Waals surface area contributed by atoms with Crippen molar-refractivity contribution in [2.24, 2.45) is 0 Å². The zero-order valence-corrected chi connectivity index (χ0v) is 14.4. The van der Waals surface area contributed by atoms with Crippen LogP contribution in [0, 0.1) is 5.82 Å². The SMILES string of the molecule is COc1cc(CNc2ccc(F)cc2)c(Br)cc1OC(C)C. The predicted octanol–water partition coefficient (Wildman–Crippen LogP) is 5.00. The summed E-state index contributed by atoms with van der Waals surface area (Å²) < 4.78 is 24.9. The molecule has 0 saturated heterocycles. The first-order valence-electron chi connectivity index (χ1n) is 7.02. The smallest absolute Gasteiger partial charge is 0.162 e. The molecular weight excluding hydrogens is 349 g/mol. The van der Waals surface area contributed by atoms with Crippen LogP contribution in [0.3, 0.4) is 0 Å². The van der Waals surface area contributed by atoms with Gasteiger partial charge in [0.2, 0.25) is 0 Å². The van der Waals surface area contributed by atoms with Gasteiger partial charge < -0.3 is 14.8 Å². The van der Waals surface area contributed by atoms with Crippen molar-refractivity contribution >= 4 is 21.6 Å². The molecule has 1 N–H and O–H groups in total. The lowest BCUT2D eigenvalue weighted by Gasteiger charge is -2.16. The van der Waals surface area contributed by atoms with E-state index in [-0.39, 0.29) is 11.9 Å². The van der Waals surface area contributed by atoms with Crippen LogP contribution in [0.4, 0.5) is 10.1 Å². The van der Waals surface area contributed by atoms with Crippen LogP contribution in [-0.4, -0.2) is 13.2 Å². The third-order valence-electron chi connectivity index (χ3n) is 3.02. The molecule has 0 radical (unpaired) electrons. The number of rotatable bonds is 6. The molecule has 0 fully saturated rings. The van der Waals surface area contributed by atoms with Crippen molar-refractivity contribution in [2.75, 3.05) is 12.4 Å². The predicted molar refractivity (Wildman–Crippen MR) is 90.2 cm³/mol. The lowest BCUT2D eigenvalue weighted by molar-refractivity contribution is 0.230. The van der Waals surface area contributed by atoms with E-state index in [4.69, 9.17) is 9.47 Å². The van der Waals surface area contributed by atoms with Crippen molar-refractivity contribution < 1.29 is 13.9 Å². The Morgan fingerprint density at radius 2 is 1.82 bits per heavy atom. The Bertz CT molecular complexity index is 629. The molecule has 22 heavy (non-hydrogen) atoms. The van der Waals surface area contributed by atoms with Crippen LogP contribution in [0.25, 0.3) is 0 Å². The highest BCUT2D eigenvalue weighted by molar-refractivity contribution is 9.10. The van der Waals surface area contributed by atoms with Crippen LogP contribution >= 0.6 is 15.9 Å². The summed E-state index contributed by atoms with van der Waals surface area (Å²) in [7, 11) is 1.62. The van der Waals surface area contributed by atoms with E-state index in [0.717, 1.165) is 15.7 Å². The van der Waals surface area contributed by atoms with Crippen LogP contribution in [-0.2, 0) is 6.54 Å². The Hall–Kier alpha value is -1.75. The van der Waals surface area contributed by atoms with Gasteiger partial charge in [0.05, 0.1) is 13.2 Å². The van der Waals surface area contributed by atoms with Crippen LogP contribution in [0.2, 0.25) is 0 Å². The Labute approximate surface area is 138 Å². The van der Waals surface area contributed by atoms with Gasteiger partial charge in [-0.05, 0) is 55.8 Å². The van der Waals surface area contributed by atoms with Crippen molar-refractivity contribution in [3.05, 3.63) is 52.3 Å². The highest BCUT2D eigenvalue weighted by Crippen LogP contribution is 2.34. The van der Waals surface area contributed by atoms with Crippen molar-refractivity contribution in [3.8, 4) is 11.5 Å². The van der Waals surface area contributed by atoms with Gasteiger partial charge in [-0.3, -0.25) is 0 Å². The summed E-state index contributed by atoms with van der Waals surface area (Å²) in [4.78, 5) is 0. The van der Waals surface area contributed by atoms with E-state index in [1.54, 1.807) is 19.2 Å². The van der Waals surface area contributed by atoms with Crippen LogP contribution < -0.4 is 14.8 Å². The largest absolute Gasteiger partial charge is 0.493 e. The second kappa shape index (κ2) is 7.49. The number of benzene rings is 2. The third-order valence-corrected chi connectivity index (χ3v) is 3.76. The number of hydrogen-bond acceptors (Lipinski definition) is 3. The van der Waals surface area contributed by atoms with E-state index >= 15 is 0 Å². The van der Waals surface area contributed by atoms with E-state index in [9.17, 15) is 4.39 Å². The van der Waals surface area contributed by atoms with Gasteiger partial charge in [0.15, 0.2) is 11.5 Å². The maximum absolute atomic E-state index is 12.9. The lowest BCUT2D eigenvalue weighted by Crippen LogP contribution is -2.08. The first-order chi connectivity index (χ1) is 10.5. The molecule has 0 saturated carbocycles. The average molecular weight is 368 g/mol. The van der Waals surface area contributed by atoms with Gasteiger partial charge in [0, 0.05) is 16.7 Å². The fourth-order valence-electron chi connectivity index (χ4n) is 1.98. The second-order valence-electron chi connectivity index (χ2n) is 5.12. The Kier molecular flexibility index (Phi) is 5.66. The van der Waals surface area contributed by atoms with Gasteiger partial charge in [-0.25, -0.2) is 4.39 Å². The zero-order valence-electron chi connectivity index (χ0n) is 12.8. The summed E-state index contributed by atoms with van der Waals surface area (Å²) in [5.74, 6) is 1.14. The molecule has 0 aliphatic heterocycles. The molecule has 5 heteroatoms. The molecule has 0 aromatic heterocycles. The van der Waals surface area contributed by atoms with Gasteiger partial charge in [-0.15, -0.1) is 0 Å². The first kappa shape index (κ1) is 16.6. The summed E-state index contributed by atoms with van der Waals surface area (Å²) in [6.45, 7) is 4.53. The molecule has 0 amide bonds. The van der Waals surface area contributed by atoms with E-state index in [2.05, 4.69) is 21.2 Å². The minimum Gasteiger partial charge on any atom is -0.493 e. The van der Waals surface area contributed by atoms with Crippen molar-refractivity contribution in [1.82, 2.24) is 0 Å². The van der Waals surface area contributed by atoms with Crippen molar-refractivity contribution in [1.29, 1.82) is 0 Å². The summed E-state index contributed by atoms with van der Waals surface area (Å²) in [6.07, 6.45) is 0.0731. The molecule has 0 aliphatic carbocycles. The van der Waals surface area contributed by atoms with Gasteiger partial charge in [-0.1, -0.05) is 15.9 Å². The topological polar surface area (TPSA) is 30.5 Å². The molecule has 2 aromatic rings. The van der Waals surface area contributed by atoms with Crippen LogP contribution in [0.1, 0.15) is 19.4 Å². The molecular formula is C17H19BrFNO2. The molecule has 2 aromatic carbocycles. The Morgan fingerprint density at radius 1 is 1.14 bits per heavy atom. The van der Waals surface area contributed by atoms with Gasteiger partial charge in [0.1, 0.15) is 5.82 Å². The number of nitrogens with one attached hydrogen (secondary N) is 1. The van der Waals surface area contributed by atoms with Crippen molar-refractivity contribution in [2.45, 2.75) is 26.5 Å². The standard InChI is InChI=1S/C17H19BrFNO2/c1-11(2)22-17-9-15(18)12(8-16(17)21-3)10-20-14-6-4-13(19)5-7-14/h4-9,11,20H,10H2,1-3H3. The van der Waals surface area contributed by atoms with E-state index < -0.39 is 0 Å². The Balaban J connectivity index is 2.15. The molecule has 2 rings (SSSR count). The first-order valence-corrected chi connectivity index (χ1v) is 7.81. The van der Waals surface area contributed by atoms with Crippen LogP contribution in [0.5, 0.6) is 11.5 Å².